The van der Waals surface area contributed by atoms with Gasteiger partial charge in [-0.25, -0.2) is 4.98 Å². The first kappa shape index (κ1) is 13.1. The van der Waals surface area contributed by atoms with E-state index < -0.39 is 0 Å². The fourth-order valence-electron chi connectivity index (χ4n) is 1.71. The molecule has 0 atom stereocenters. The fraction of sp³-hybridized carbons (Fsp3) is 0.308. The summed E-state index contributed by atoms with van der Waals surface area (Å²) in [5, 5.41) is 6.97. The molecule has 0 aliphatic heterocycles. The van der Waals surface area contributed by atoms with Gasteiger partial charge in [0.1, 0.15) is 5.82 Å². The molecule has 1 heterocycles. The quantitative estimate of drug-likeness (QED) is 0.796. The second-order valence-electron chi connectivity index (χ2n) is 3.92. The van der Waals surface area contributed by atoms with Crippen LogP contribution in [0.3, 0.4) is 0 Å². The molecular weight excluding hydrogens is 244 g/mol. The minimum atomic E-state index is -0.250. The molecular formula is C13H16N4O2. The normalized spacial score (nSPS) is 10.2. The van der Waals surface area contributed by atoms with Crippen molar-refractivity contribution in [2.75, 3.05) is 31.3 Å². The zero-order valence-electron chi connectivity index (χ0n) is 10.9. The summed E-state index contributed by atoms with van der Waals surface area (Å²) < 4.78 is 4.60. The summed E-state index contributed by atoms with van der Waals surface area (Å²) in [6.45, 7) is 0.469. The zero-order chi connectivity index (χ0) is 13.7. The number of methoxy groups -OCH3 is 1. The Kier molecular flexibility index (Phi) is 4.12. The number of rotatable bonds is 5. The van der Waals surface area contributed by atoms with Gasteiger partial charge in [0.05, 0.1) is 19.0 Å². The average Bonchev–Trinajstić information content (AvgIpc) is 2.46. The van der Waals surface area contributed by atoms with Crippen LogP contribution in [0.15, 0.2) is 24.3 Å². The van der Waals surface area contributed by atoms with Crippen molar-refractivity contribution in [3.05, 3.63) is 24.3 Å². The van der Waals surface area contributed by atoms with E-state index in [0.29, 0.717) is 24.7 Å². The Balaban J connectivity index is 2.23. The number of esters is 1. The van der Waals surface area contributed by atoms with Gasteiger partial charge >= 0.3 is 5.97 Å². The molecule has 0 bridgehead atoms. The smallest absolute Gasteiger partial charge is 0.307 e. The highest BCUT2D eigenvalue weighted by atomic mass is 16.5. The van der Waals surface area contributed by atoms with Crippen LogP contribution in [0, 0.1) is 0 Å². The third-order valence-corrected chi connectivity index (χ3v) is 2.68. The number of nitrogens with zero attached hydrogens (tertiary/aromatic N) is 2. The van der Waals surface area contributed by atoms with Crippen LogP contribution in [0.5, 0.6) is 0 Å². The van der Waals surface area contributed by atoms with Crippen LogP contribution in [0.4, 0.5) is 11.8 Å². The van der Waals surface area contributed by atoms with Crippen LogP contribution in [0.1, 0.15) is 6.42 Å². The number of hydrogen-bond acceptors (Lipinski definition) is 6. The van der Waals surface area contributed by atoms with Crippen molar-refractivity contribution >= 4 is 28.6 Å². The number of ether oxygens (including phenoxy) is 1. The van der Waals surface area contributed by atoms with Crippen LogP contribution >= 0.6 is 0 Å². The summed E-state index contributed by atoms with van der Waals surface area (Å²) in [4.78, 5) is 19.8. The number of hydrogen-bond donors (Lipinski definition) is 2. The molecule has 100 valence electrons. The number of carbonyl (C=O) groups is 1. The van der Waals surface area contributed by atoms with Crippen LogP contribution in [0.2, 0.25) is 0 Å². The van der Waals surface area contributed by atoms with Crippen LogP contribution in [0.25, 0.3) is 10.9 Å². The lowest BCUT2D eigenvalue weighted by Gasteiger charge is -2.10. The predicted molar refractivity (Wildman–Crippen MR) is 74.2 cm³/mol. The first-order chi connectivity index (χ1) is 9.24. The van der Waals surface area contributed by atoms with Crippen molar-refractivity contribution in [2.45, 2.75) is 6.42 Å². The molecule has 0 fully saturated rings. The Morgan fingerprint density at radius 1 is 1.32 bits per heavy atom. The molecule has 0 spiro atoms. The maximum Gasteiger partial charge on any atom is 0.307 e. The van der Waals surface area contributed by atoms with E-state index in [4.69, 9.17) is 0 Å². The highest BCUT2D eigenvalue weighted by Gasteiger charge is 2.07. The fourth-order valence-corrected chi connectivity index (χ4v) is 1.71. The van der Waals surface area contributed by atoms with Crippen LogP contribution in [-0.4, -0.2) is 36.6 Å². The molecule has 6 nitrogen and oxygen atoms in total. The SMILES string of the molecule is CNc1nc(NCCC(=O)OC)c2ccccc2n1. The lowest BCUT2D eigenvalue weighted by molar-refractivity contribution is -0.140. The Hall–Kier alpha value is -2.37. The lowest BCUT2D eigenvalue weighted by atomic mass is 10.2. The predicted octanol–water partition coefficient (Wildman–Crippen LogP) is 1.65. The molecule has 0 radical (unpaired) electrons. The van der Waals surface area contributed by atoms with Gasteiger partial charge in [0.2, 0.25) is 5.95 Å². The Bertz CT molecular complexity index is 586. The monoisotopic (exact) mass is 260 g/mol. The Morgan fingerprint density at radius 3 is 2.84 bits per heavy atom. The summed E-state index contributed by atoms with van der Waals surface area (Å²) in [6.07, 6.45) is 0.295. The van der Waals surface area contributed by atoms with Gasteiger partial charge in [-0.15, -0.1) is 0 Å². The van der Waals surface area contributed by atoms with Crippen molar-refractivity contribution in [3.8, 4) is 0 Å². The number of anilines is 2. The number of nitrogens with one attached hydrogen (secondary N) is 2. The molecule has 0 saturated carbocycles. The van der Waals surface area contributed by atoms with Crippen LogP contribution in [-0.2, 0) is 9.53 Å². The molecule has 1 aromatic heterocycles. The summed E-state index contributed by atoms with van der Waals surface area (Å²) in [7, 11) is 3.14. The topological polar surface area (TPSA) is 76.1 Å². The number of benzene rings is 1. The van der Waals surface area contributed by atoms with E-state index >= 15 is 0 Å². The molecule has 2 N–H and O–H groups in total. The van der Waals surface area contributed by atoms with E-state index in [1.165, 1.54) is 7.11 Å². The van der Waals surface area contributed by atoms with Gasteiger partial charge < -0.3 is 15.4 Å². The average molecular weight is 260 g/mol. The van der Waals surface area contributed by atoms with Crippen molar-refractivity contribution < 1.29 is 9.53 Å². The van der Waals surface area contributed by atoms with Crippen molar-refractivity contribution in [1.29, 1.82) is 0 Å². The molecule has 0 unspecified atom stereocenters. The lowest BCUT2D eigenvalue weighted by Crippen LogP contribution is -2.11. The molecule has 1 aromatic carbocycles. The van der Waals surface area contributed by atoms with Gasteiger partial charge in [0.15, 0.2) is 0 Å². The highest BCUT2D eigenvalue weighted by Crippen LogP contribution is 2.21. The highest BCUT2D eigenvalue weighted by molar-refractivity contribution is 5.90. The molecule has 0 amide bonds. The standard InChI is InChI=1S/C13H16N4O2/c1-14-13-16-10-6-4-3-5-9(10)12(17-13)15-8-7-11(18)19-2/h3-6H,7-8H2,1-2H3,(H2,14,15,16,17). The second kappa shape index (κ2) is 5.99. The second-order valence-corrected chi connectivity index (χ2v) is 3.92. The summed E-state index contributed by atoms with van der Waals surface area (Å²) in [5.74, 6) is 0.998. The molecule has 0 aliphatic rings. The zero-order valence-corrected chi connectivity index (χ0v) is 10.9. The molecule has 0 aliphatic carbocycles. The van der Waals surface area contributed by atoms with Gasteiger partial charge in [0, 0.05) is 19.0 Å². The van der Waals surface area contributed by atoms with Crippen molar-refractivity contribution in [3.63, 3.8) is 0 Å². The molecule has 6 heteroatoms. The van der Waals surface area contributed by atoms with Crippen molar-refractivity contribution in [2.24, 2.45) is 0 Å². The Labute approximate surface area is 111 Å². The number of aromatic nitrogens is 2. The number of fused-ring (bicyclic) bond motifs is 1. The first-order valence-electron chi connectivity index (χ1n) is 6.00. The van der Waals surface area contributed by atoms with E-state index in [-0.39, 0.29) is 5.97 Å². The van der Waals surface area contributed by atoms with Crippen molar-refractivity contribution in [1.82, 2.24) is 9.97 Å². The van der Waals surface area contributed by atoms with E-state index in [0.717, 1.165) is 10.9 Å². The Morgan fingerprint density at radius 2 is 2.11 bits per heavy atom. The summed E-state index contributed by atoms with van der Waals surface area (Å²) in [6, 6.07) is 7.71. The van der Waals surface area contributed by atoms with Gasteiger partial charge in [-0.05, 0) is 12.1 Å². The maximum atomic E-state index is 11.1. The van der Waals surface area contributed by atoms with Gasteiger partial charge in [-0.2, -0.15) is 4.98 Å². The summed E-state index contributed by atoms with van der Waals surface area (Å²) in [5.41, 5.74) is 0.849. The molecule has 2 rings (SSSR count). The van der Waals surface area contributed by atoms with Gasteiger partial charge in [-0.1, -0.05) is 12.1 Å². The van der Waals surface area contributed by atoms with E-state index in [2.05, 4.69) is 25.3 Å². The third-order valence-electron chi connectivity index (χ3n) is 2.68. The van der Waals surface area contributed by atoms with E-state index in [9.17, 15) is 4.79 Å². The molecule has 0 saturated heterocycles. The molecule has 19 heavy (non-hydrogen) atoms. The largest absolute Gasteiger partial charge is 0.469 e. The first-order valence-corrected chi connectivity index (χ1v) is 6.00. The summed E-state index contributed by atoms with van der Waals surface area (Å²) >= 11 is 0. The number of carbonyl (C=O) groups excluding carboxylic acids is 1. The minimum Gasteiger partial charge on any atom is -0.469 e. The van der Waals surface area contributed by atoms with Gasteiger partial charge in [-0.3, -0.25) is 4.79 Å². The van der Waals surface area contributed by atoms with E-state index in [1.807, 2.05) is 24.3 Å². The number of para-hydroxylation sites is 1. The third kappa shape index (κ3) is 3.09. The minimum absolute atomic E-state index is 0.250. The van der Waals surface area contributed by atoms with Crippen LogP contribution < -0.4 is 10.6 Å². The molecule has 2 aromatic rings. The van der Waals surface area contributed by atoms with E-state index in [1.54, 1.807) is 7.05 Å². The van der Waals surface area contributed by atoms with Gasteiger partial charge in [0.25, 0.3) is 0 Å². The maximum absolute atomic E-state index is 11.1.